The number of aromatic nitrogens is 1. The van der Waals surface area contributed by atoms with E-state index < -0.39 is 16.0 Å². The Morgan fingerprint density at radius 1 is 1.32 bits per heavy atom. The van der Waals surface area contributed by atoms with Gasteiger partial charge >= 0.3 is 5.97 Å². The minimum absolute atomic E-state index is 0.0462. The molecule has 3 aromatic rings. The van der Waals surface area contributed by atoms with Gasteiger partial charge in [-0.15, -0.1) is 11.3 Å². The van der Waals surface area contributed by atoms with E-state index in [0.29, 0.717) is 6.42 Å². The van der Waals surface area contributed by atoms with Gasteiger partial charge in [0.1, 0.15) is 9.77 Å². The zero-order chi connectivity index (χ0) is 18.0. The van der Waals surface area contributed by atoms with E-state index in [0.717, 1.165) is 27.8 Å². The van der Waals surface area contributed by atoms with E-state index in [-0.39, 0.29) is 15.8 Å². The molecule has 2 aromatic heterocycles. The van der Waals surface area contributed by atoms with Crippen molar-refractivity contribution in [3.05, 3.63) is 52.3 Å². The Hall–Kier alpha value is -2.16. The molecule has 0 saturated carbocycles. The molecule has 0 aliphatic heterocycles. The van der Waals surface area contributed by atoms with Crippen molar-refractivity contribution in [3.8, 4) is 0 Å². The van der Waals surface area contributed by atoms with E-state index in [2.05, 4.69) is 14.4 Å². The number of hydrogen-bond donors (Lipinski definition) is 2. The van der Waals surface area contributed by atoms with Crippen LogP contribution in [-0.2, 0) is 21.2 Å². The third-order valence-corrected chi connectivity index (χ3v) is 6.50. The van der Waals surface area contributed by atoms with Crippen molar-refractivity contribution in [1.82, 2.24) is 9.71 Å². The van der Waals surface area contributed by atoms with Crippen molar-refractivity contribution in [2.75, 3.05) is 7.11 Å². The van der Waals surface area contributed by atoms with Gasteiger partial charge in [0.05, 0.1) is 7.11 Å². The summed E-state index contributed by atoms with van der Waals surface area (Å²) in [5, 5.41) is 2.63. The molecule has 0 radical (unpaired) electrons. The van der Waals surface area contributed by atoms with Gasteiger partial charge in [0.25, 0.3) is 0 Å². The highest BCUT2D eigenvalue weighted by atomic mass is 32.2. The van der Waals surface area contributed by atoms with Crippen LogP contribution in [0.25, 0.3) is 10.9 Å². The lowest BCUT2D eigenvalue weighted by atomic mass is 10.1. The number of sulfonamides is 1. The molecule has 0 aliphatic carbocycles. The van der Waals surface area contributed by atoms with Crippen LogP contribution in [0.4, 0.5) is 0 Å². The second kappa shape index (κ2) is 6.99. The first-order chi connectivity index (χ1) is 11.9. The number of carbonyl (C=O) groups is 1. The van der Waals surface area contributed by atoms with E-state index in [1.165, 1.54) is 13.2 Å². The smallest absolute Gasteiger partial charge is 0.349 e. The number of rotatable bonds is 6. The lowest BCUT2D eigenvalue weighted by Gasteiger charge is -2.14. The zero-order valence-corrected chi connectivity index (χ0v) is 15.4. The van der Waals surface area contributed by atoms with Gasteiger partial charge < -0.3 is 9.72 Å². The van der Waals surface area contributed by atoms with Gasteiger partial charge in [0.2, 0.25) is 10.0 Å². The Kier molecular flexibility index (Phi) is 4.94. The summed E-state index contributed by atoms with van der Waals surface area (Å²) in [5.41, 5.74) is 2.04. The Labute approximate surface area is 149 Å². The van der Waals surface area contributed by atoms with Crippen molar-refractivity contribution < 1.29 is 17.9 Å². The highest BCUT2D eigenvalue weighted by molar-refractivity contribution is 7.89. The summed E-state index contributed by atoms with van der Waals surface area (Å²) in [4.78, 5) is 14.9. The summed E-state index contributed by atoms with van der Waals surface area (Å²) < 4.78 is 32.5. The lowest BCUT2D eigenvalue weighted by molar-refractivity contribution is 0.0602. The maximum Gasteiger partial charge on any atom is 0.349 e. The predicted molar refractivity (Wildman–Crippen MR) is 97.4 cm³/mol. The number of ether oxygens (including phenoxy) is 1. The number of thiophene rings is 1. The molecule has 25 heavy (non-hydrogen) atoms. The van der Waals surface area contributed by atoms with Crippen LogP contribution in [-0.4, -0.2) is 32.5 Å². The minimum Gasteiger partial charge on any atom is -0.465 e. The van der Waals surface area contributed by atoms with E-state index in [9.17, 15) is 13.2 Å². The van der Waals surface area contributed by atoms with Gasteiger partial charge in [-0.25, -0.2) is 17.9 Å². The Morgan fingerprint density at radius 3 is 2.84 bits per heavy atom. The van der Waals surface area contributed by atoms with Crippen molar-refractivity contribution in [3.63, 3.8) is 0 Å². The Balaban J connectivity index is 1.79. The summed E-state index contributed by atoms with van der Waals surface area (Å²) in [7, 11) is -2.58. The molecule has 6 nitrogen and oxygen atoms in total. The van der Waals surface area contributed by atoms with Crippen LogP contribution in [0.1, 0.15) is 22.2 Å². The van der Waals surface area contributed by atoms with Crippen LogP contribution in [0, 0.1) is 0 Å². The van der Waals surface area contributed by atoms with Crippen LogP contribution in [0.15, 0.2) is 46.8 Å². The highest BCUT2D eigenvalue weighted by Gasteiger charge is 2.26. The maximum absolute atomic E-state index is 12.6. The van der Waals surface area contributed by atoms with Gasteiger partial charge in [-0.2, -0.15) is 0 Å². The van der Waals surface area contributed by atoms with E-state index in [1.807, 2.05) is 30.5 Å². The molecule has 0 bridgehead atoms. The van der Waals surface area contributed by atoms with Crippen LogP contribution < -0.4 is 4.72 Å². The first kappa shape index (κ1) is 17.7. The standard InChI is InChI=1S/C17H18N2O4S2/c1-11(9-12-10-18-14-6-4-3-5-13(12)14)19-25(21,22)15-7-8-24-16(15)17(20)23-2/h3-8,10-11,18-19H,9H2,1-2H3. The summed E-state index contributed by atoms with van der Waals surface area (Å²) in [6.07, 6.45) is 2.42. The number of aromatic amines is 1. The molecule has 132 valence electrons. The molecule has 3 rings (SSSR count). The zero-order valence-electron chi connectivity index (χ0n) is 13.8. The van der Waals surface area contributed by atoms with Crippen molar-refractivity contribution in [2.24, 2.45) is 0 Å². The van der Waals surface area contributed by atoms with E-state index in [4.69, 9.17) is 0 Å². The van der Waals surface area contributed by atoms with Gasteiger partial charge in [0, 0.05) is 23.1 Å². The summed E-state index contributed by atoms with van der Waals surface area (Å²) >= 11 is 1.04. The molecule has 0 fully saturated rings. The Morgan fingerprint density at radius 2 is 2.08 bits per heavy atom. The maximum atomic E-state index is 12.6. The normalized spacial score (nSPS) is 13.0. The molecular weight excluding hydrogens is 360 g/mol. The summed E-state index contributed by atoms with van der Waals surface area (Å²) in [5.74, 6) is -0.653. The Bertz CT molecular complexity index is 1000. The minimum atomic E-state index is -3.81. The number of nitrogens with one attached hydrogen (secondary N) is 2. The number of para-hydroxylation sites is 1. The first-order valence-corrected chi connectivity index (χ1v) is 10.0. The van der Waals surface area contributed by atoms with E-state index in [1.54, 1.807) is 12.3 Å². The van der Waals surface area contributed by atoms with Crippen molar-refractivity contribution in [1.29, 1.82) is 0 Å². The number of fused-ring (bicyclic) bond motifs is 1. The molecule has 1 aromatic carbocycles. The van der Waals surface area contributed by atoms with E-state index >= 15 is 0 Å². The van der Waals surface area contributed by atoms with Crippen molar-refractivity contribution in [2.45, 2.75) is 24.3 Å². The second-order valence-corrected chi connectivity index (χ2v) is 8.29. The molecule has 0 aliphatic rings. The molecule has 1 unspecified atom stereocenters. The third kappa shape index (κ3) is 3.60. The molecule has 0 amide bonds. The SMILES string of the molecule is COC(=O)c1sccc1S(=O)(=O)NC(C)Cc1c[nH]c2ccccc12. The first-order valence-electron chi connectivity index (χ1n) is 7.65. The molecule has 2 heterocycles. The van der Waals surface area contributed by atoms with Gasteiger partial charge in [-0.05, 0) is 36.4 Å². The van der Waals surface area contributed by atoms with Gasteiger partial charge in [-0.3, -0.25) is 0 Å². The molecule has 0 saturated heterocycles. The quantitative estimate of drug-likeness (QED) is 0.646. The molecule has 2 N–H and O–H groups in total. The lowest BCUT2D eigenvalue weighted by Crippen LogP contribution is -2.34. The monoisotopic (exact) mass is 378 g/mol. The molecule has 0 spiro atoms. The number of esters is 1. The number of hydrogen-bond acceptors (Lipinski definition) is 5. The van der Waals surface area contributed by atoms with Crippen molar-refractivity contribution >= 4 is 38.2 Å². The molecular formula is C17H18N2O4S2. The van der Waals surface area contributed by atoms with Crippen LogP contribution in [0.2, 0.25) is 0 Å². The second-order valence-electron chi connectivity index (χ2n) is 5.69. The number of H-pyrrole nitrogens is 1. The van der Waals surface area contributed by atoms with Crippen LogP contribution in [0.5, 0.6) is 0 Å². The third-order valence-electron chi connectivity index (χ3n) is 3.85. The average Bonchev–Trinajstić information content (AvgIpc) is 3.22. The topological polar surface area (TPSA) is 88.3 Å². The fourth-order valence-electron chi connectivity index (χ4n) is 2.75. The fourth-order valence-corrected chi connectivity index (χ4v) is 5.33. The van der Waals surface area contributed by atoms with Gasteiger partial charge in [0.15, 0.2) is 0 Å². The summed E-state index contributed by atoms with van der Waals surface area (Å²) in [6.45, 7) is 1.80. The predicted octanol–water partition coefficient (Wildman–Crippen LogP) is 2.93. The van der Waals surface area contributed by atoms with Crippen LogP contribution >= 0.6 is 11.3 Å². The molecule has 8 heteroatoms. The molecule has 1 atom stereocenters. The number of benzene rings is 1. The van der Waals surface area contributed by atoms with Gasteiger partial charge in [-0.1, -0.05) is 18.2 Å². The number of methoxy groups -OCH3 is 1. The summed E-state index contributed by atoms with van der Waals surface area (Å²) in [6, 6.07) is 8.94. The fraction of sp³-hybridized carbons (Fsp3) is 0.235. The largest absolute Gasteiger partial charge is 0.465 e. The highest BCUT2D eigenvalue weighted by Crippen LogP contribution is 2.24. The number of carbonyl (C=O) groups excluding carboxylic acids is 1. The van der Waals surface area contributed by atoms with Crippen LogP contribution in [0.3, 0.4) is 0 Å². The average molecular weight is 378 g/mol.